The Hall–Kier alpha value is -1.78. The molecule has 34 heavy (non-hydrogen) atoms. The predicted molar refractivity (Wildman–Crippen MR) is 135 cm³/mol. The van der Waals surface area contributed by atoms with Crippen molar-refractivity contribution in [1.82, 2.24) is 0 Å². The summed E-state index contributed by atoms with van der Waals surface area (Å²) < 4.78 is 13.3. The van der Waals surface area contributed by atoms with Crippen LogP contribution in [0.5, 0.6) is 0 Å². The average molecular weight is 467 g/mol. The summed E-state index contributed by atoms with van der Waals surface area (Å²) in [5.41, 5.74) is 0.966. The van der Waals surface area contributed by atoms with Gasteiger partial charge < -0.3 is 9.47 Å². The first-order chi connectivity index (χ1) is 15.8. The second-order valence-corrected chi connectivity index (χ2v) is 12.5. The van der Waals surface area contributed by atoms with Crippen molar-refractivity contribution in [1.29, 1.82) is 0 Å². The van der Waals surface area contributed by atoms with E-state index in [-0.39, 0.29) is 33.2 Å². The second-order valence-electron chi connectivity index (χ2n) is 12.5. The maximum absolute atomic E-state index is 10.9. The Morgan fingerprint density at radius 1 is 0.824 bits per heavy atom. The van der Waals surface area contributed by atoms with Crippen LogP contribution in [0.1, 0.15) is 87.0 Å². The van der Waals surface area contributed by atoms with E-state index >= 15 is 0 Å². The molecule has 0 aromatic heterocycles. The molecule has 4 fully saturated rings. The molecular weight excluding hydrogens is 424 g/mol. The van der Waals surface area contributed by atoms with Gasteiger partial charge in [0.05, 0.1) is 5.60 Å². The topological polar surface area (TPSA) is 59.2 Å². The molecule has 0 spiro atoms. The van der Waals surface area contributed by atoms with E-state index in [1.165, 1.54) is 6.42 Å². The summed E-state index contributed by atoms with van der Waals surface area (Å²) >= 11 is 0. The van der Waals surface area contributed by atoms with Gasteiger partial charge in [0.25, 0.3) is 0 Å². The van der Waals surface area contributed by atoms with Crippen molar-refractivity contribution in [3.05, 3.63) is 47.6 Å². The van der Waals surface area contributed by atoms with E-state index in [2.05, 4.69) is 58.9 Å². The number of aldehydes is 2. The van der Waals surface area contributed by atoms with Gasteiger partial charge in [-0.25, -0.2) is 0 Å². The van der Waals surface area contributed by atoms with Crippen LogP contribution < -0.4 is 0 Å². The molecule has 2 saturated heterocycles. The number of epoxide rings is 2. The summed E-state index contributed by atoms with van der Waals surface area (Å²) in [4.78, 5) is 21.8. The standard InChI is InChI=1S/C30H42O4/c1-22(12-19-31)9-17-29-25(3,4)16-11-24(28(29,7)34-29)21-26(5)14-8-15-27(6)30(26,33-27)18-10-23(2)13-20-32/h9-10,12-13,17-20,24H,8,11,14-16,21H2,1-7H3/b17-9+,18-10+,22-12+,23-13-. The summed E-state index contributed by atoms with van der Waals surface area (Å²) in [5.74, 6) is 0.425. The van der Waals surface area contributed by atoms with Crippen LogP contribution in [0, 0.1) is 16.7 Å². The Morgan fingerprint density at radius 3 is 2.00 bits per heavy atom. The molecule has 4 aliphatic rings. The smallest absolute Gasteiger partial charge is 0.143 e. The van der Waals surface area contributed by atoms with Crippen LogP contribution in [0.25, 0.3) is 0 Å². The van der Waals surface area contributed by atoms with Gasteiger partial charge in [-0.2, -0.15) is 0 Å². The van der Waals surface area contributed by atoms with Gasteiger partial charge in [0.15, 0.2) is 0 Å². The van der Waals surface area contributed by atoms with Crippen LogP contribution in [0.4, 0.5) is 0 Å². The number of hydrogen-bond acceptors (Lipinski definition) is 4. The first kappa shape index (κ1) is 25.3. The Bertz CT molecular complexity index is 986. The van der Waals surface area contributed by atoms with Gasteiger partial charge in [-0.1, -0.05) is 32.9 Å². The van der Waals surface area contributed by atoms with Crippen LogP contribution in [0.15, 0.2) is 47.6 Å². The minimum atomic E-state index is -0.314. The molecule has 4 rings (SSSR count). The Balaban J connectivity index is 1.63. The molecule has 4 heteroatoms. The van der Waals surface area contributed by atoms with Gasteiger partial charge in [0.2, 0.25) is 0 Å². The monoisotopic (exact) mass is 466 g/mol. The highest BCUT2D eigenvalue weighted by Crippen LogP contribution is 2.73. The van der Waals surface area contributed by atoms with Crippen LogP contribution in [-0.4, -0.2) is 35.0 Å². The van der Waals surface area contributed by atoms with E-state index in [1.54, 1.807) is 12.2 Å². The molecule has 0 aromatic carbocycles. The van der Waals surface area contributed by atoms with Crippen molar-refractivity contribution in [2.24, 2.45) is 16.7 Å². The lowest BCUT2D eigenvalue weighted by Gasteiger charge is -2.46. The fraction of sp³-hybridized carbons (Fsp3) is 0.667. The third-order valence-corrected chi connectivity index (χ3v) is 9.90. The minimum absolute atomic E-state index is 0.00185. The largest absolute Gasteiger partial charge is 0.358 e. The van der Waals surface area contributed by atoms with E-state index < -0.39 is 0 Å². The van der Waals surface area contributed by atoms with Crippen LogP contribution in [0.3, 0.4) is 0 Å². The number of carbonyl (C=O) groups excluding carboxylic acids is 2. The van der Waals surface area contributed by atoms with Gasteiger partial charge in [0.1, 0.15) is 29.4 Å². The lowest BCUT2D eigenvalue weighted by atomic mass is 9.54. The maximum Gasteiger partial charge on any atom is 0.143 e. The number of hydrogen-bond donors (Lipinski definition) is 0. The highest BCUT2D eigenvalue weighted by molar-refractivity contribution is 5.67. The van der Waals surface area contributed by atoms with Gasteiger partial charge in [-0.05, 0) is 108 Å². The molecule has 0 radical (unpaired) electrons. The van der Waals surface area contributed by atoms with Crippen LogP contribution in [-0.2, 0) is 19.1 Å². The molecule has 2 heterocycles. The van der Waals surface area contributed by atoms with Gasteiger partial charge in [-0.15, -0.1) is 0 Å². The molecule has 0 amide bonds. The van der Waals surface area contributed by atoms with E-state index in [4.69, 9.17) is 9.47 Å². The number of allylic oxidation sites excluding steroid dienone is 6. The van der Waals surface area contributed by atoms with Crippen molar-refractivity contribution < 1.29 is 19.1 Å². The molecule has 2 aliphatic carbocycles. The molecule has 186 valence electrons. The Kier molecular flexibility index (Phi) is 6.05. The first-order valence-corrected chi connectivity index (χ1v) is 12.9. The number of ether oxygens (including phenoxy) is 2. The summed E-state index contributed by atoms with van der Waals surface area (Å²) in [6.45, 7) is 15.5. The zero-order chi connectivity index (χ0) is 25.0. The molecule has 0 bridgehead atoms. The molecule has 6 unspecified atom stereocenters. The number of rotatable bonds is 8. The van der Waals surface area contributed by atoms with Crippen molar-refractivity contribution in [3.63, 3.8) is 0 Å². The number of fused-ring (bicyclic) bond motifs is 2. The van der Waals surface area contributed by atoms with E-state index in [0.717, 1.165) is 55.8 Å². The molecule has 0 N–H and O–H groups in total. The highest BCUT2D eigenvalue weighted by Gasteiger charge is 2.79. The molecule has 6 atom stereocenters. The Labute approximate surface area is 205 Å². The highest BCUT2D eigenvalue weighted by atomic mass is 16.6. The summed E-state index contributed by atoms with van der Waals surface area (Å²) in [6, 6.07) is 0. The molecule has 2 aliphatic heterocycles. The quantitative estimate of drug-likeness (QED) is 0.178. The Morgan fingerprint density at radius 2 is 1.41 bits per heavy atom. The third-order valence-electron chi connectivity index (χ3n) is 9.90. The summed E-state index contributed by atoms with van der Waals surface area (Å²) in [5, 5.41) is 0. The van der Waals surface area contributed by atoms with Crippen molar-refractivity contribution in [2.75, 3.05) is 0 Å². The van der Waals surface area contributed by atoms with Crippen molar-refractivity contribution >= 4 is 12.6 Å². The maximum atomic E-state index is 10.9. The van der Waals surface area contributed by atoms with Gasteiger partial charge in [-0.3, -0.25) is 9.59 Å². The fourth-order valence-electron chi connectivity index (χ4n) is 7.59. The van der Waals surface area contributed by atoms with E-state index in [9.17, 15) is 9.59 Å². The third kappa shape index (κ3) is 3.55. The second kappa shape index (κ2) is 8.13. The normalized spacial score (nSPS) is 45.7. The molecule has 0 aromatic rings. The molecule has 4 nitrogen and oxygen atoms in total. The fourth-order valence-corrected chi connectivity index (χ4v) is 7.59. The summed E-state index contributed by atoms with van der Waals surface area (Å²) in [6.07, 6.45) is 20.1. The predicted octanol–water partition coefficient (Wildman–Crippen LogP) is 6.46. The van der Waals surface area contributed by atoms with Gasteiger partial charge >= 0.3 is 0 Å². The molecule has 2 saturated carbocycles. The lowest BCUT2D eigenvalue weighted by molar-refractivity contribution is -0.104. The zero-order valence-corrected chi connectivity index (χ0v) is 22.1. The zero-order valence-electron chi connectivity index (χ0n) is 22.1. The minimum Gasteiger partial charge on any atom is -0.358 e. The average Bonchev–Trinajstić information content (AvgIpc) is 3.60. The first-order valence-electron chi connectivity index (χ1n) is 12.9. The van der Waals surface area contributed by atoms with Crippen LogP contribution >= 0.6 is 0 Å². The SMILES string of the molecule is CC(=C/C=O)/C=C/C12OC1(C)CCCC2(C)CC1CCC(C)(C)C2(/C=C/C(C)=C/C=O)OC12C. The number of carbonyl (C=O) groups is 2. The lowest BCUT2D eigenvalue weighted by Crippen LogP contribution is -2.50. The van der Waals surface area contributed by atoms with Crippen molar-refractivity contribution in [2.45, 2.75) is 109 Å². The van der Waals surface area contributed by atoms with E-state index in [1.807, 2.05) is 13.8 Å². The van der Waals surface area contributed by atoms with E-state index in [0.29, 0.717) is 5.92 Å². The summed E-state index contributed by atoms with van der Waals surface area (Å²) in [7, 11) is 0. The van der Waals surface area contributed by atoms with Gasteiger partial charge in [0, 0.05) is 10.8 Å². The van der Waals surface area contributed by atoms with Crippen molar-refractivity contribution in [3.8, 4) is 0 Å². The molecular formula is C30H42O4. The van der Waals surface area contributed by atoms with Crippen LogP contribution in [0.2, 0.25) is 0 Å².